The van der Waals surface area contributed by atoms with Crippen molar-refractivity contribution in [3.8, 4) is 11.3 Å². The molecule has 0 spiro atoms. The van der Waals surface area contributed by atoms with Crippen LogP contribution >= 0.6 is 11.3 Å². The van der Waals surface area contributed by atoms with Crippen molar-refractivity contribution in [3.63, 3.8) is 0 Å². The van der Waals surface area contributed by atoms with Crippen LogP contribution < -0.4 is 4.90 Å². The number of furan rings is 1. The molecule has 0 bridgehead atoms. The molecule has 1 fully saturated rings. The van der Waals surface area contributed by atoms with Gasteiger partial charge >= 0.3 is 0 Å². The average molecular weight is 458 g/mol. The van der Waals surface area contributed by atoms with E-state index in [-0.39, 0.29) is 11.7 Å². The van der Waals surface area contributed by atoms with E-state index in [1.54, 1.807) is 17.0 Å². The lowest BCUT2D eigenvalue weighted by molar-refractivity contribution is 0.0714. The van der Waals surface area contributed by atoms with Gasteiger partial charge in [-0.3, -0.25) is 9.59 Å². The number of hydrogen-bond donors (Lipinski definition) is 0. The quantitative estimate of drug-likeness (QED) is 0.399. The van der Waals surface area contributed by atoms with E-state index in [0.29, 0.717) is 48.1 Å². The molecule has 0 saturated carbocycles. The fourth-order valence-electron chi connectivity index (χ4n) is 3.88. The summed E-state index contributed by atoms with van der Waals surface area (Å²) >= 11 is 1.42. The molecule has 0 radical (unpaired) electrons. The van der Waals surface area contributed by atoms with Gasteiger partial charge in [-0.1, -0.05) is 71.5 Å². The number of anilines is 1. The number of carbonyl (C=O) groups is 2. The standard InChI is InChI=1S/C26H23N3O3S/c1-18-9-11-20(12-10-18)23(30)24-22(19-6-3-2-4-7-19)27-26(33-24)29-15-13-28(14-16-29)25(31)21-8-5-17-32-21/h2-12,17H,13-16H2,1H3. The van der Waals surface area contributed by atoms with Crippen LogP contribution in [-0.4, -0.2) is 47.8 Å². The summed E-state index contributed by atoms with van der Waals surface area (Å²) in [5.41, 5.74) is 3.39. The number of aryl methyl sites for hydroxylation is 1. The fraction of sp³-hybridized carbons (Fsp3) is 0.192. The Labute approximate surface area is 196 Å². The molecule has 0 N–H and O–H groups in total. The molecule has 0 aliphatic carbocycles. The highest BCUT2D eigenvalue weighted by atomic mass is 32.1. The molecule has 0 unspecified atom stereocenters. The summed E-state index contributed by atoms with van der Waals surface area (Å²) in [6.45, 7) is 4.44. The molecule has 5 rings (SSSR count). The molecule has 33 heavy (non-hydrogen) atoms. The number of benzene rings is 2. The van der Waals surface area contributed by atoms with Crippen LogP contribution in [0.15, 0.2) is 77.4 Å². The Morgan fingerprint density at radius 2 is 1.64 bits per heavy atom. The molecule has 1 saturated heterocycles. The van der Waals surface area contributed by atoms with Gasteiger partial charge in [-0.2, -0.15) is 0 Å². The monoisotopic (exact) mass is 457 g/mol. The van der Waals surface area contributed by atoms with E-state index >= 15 is 0 Å². The highest BCUT2D eigenvalue weighted by molar-refractivity contribution is 7.18. The van der Waals surface area contributed by atoms with Crippen molar-refractivity contribution in [2.45, 2.75) is 6.92 Å². The summed E-state index contributed by atoms with van der Waals surface area (Å²) in [5.74, 6) is 0.235. The number of amides is 1. The molecular weight excluding hydrogens is 434 g/mol. The highest BCUT2D eigenvalue weighted by Crippen LogP contribution is 2.35. The van der Waals surface area contributed by atoms with Gasteiger partial charge in [-0.05, 0) is 19.1 Å². The van der Waals surface area contributed by atoms with E-state index in [4.69, 9.17) is 9.40 Å². The van der Waals surface area contributed by atoms with Crippen LogP contribution in [-0.2, 0) is 0 Å². The maximum atomic E-state index is 13.4. The zero-order valence-corrected chi connectivity index (χ0v) is 19.0. The van der Waals surface area contributed by atoms with Gasteiger partial charge in [0.25, 0.3) is 5.91 Å². The SMILES string of the molecule is Cc1ccc(C(=O)c2sc(N3CCN(C(=O)c4ccco4)CC3)nc2-c2ccccc2)cc1. The lowest BCUT2D eigenvalue weighted by Gasteiger charge is -2.34. The second-order valence-electron chi connectivity index (χ2n) is 7.99. The van der Waals surface area contributed by atoms with Gasteiger partial charge in [-0.25, -0.2) is 4.98 Å². The van der Waals surface area contributed by atoms with Crippen LogP contribution in [0.3, 0.4) is 0 Å². The van der Waals surface area contributed by atoms with E-state index in [9.17, 15) is 9.59 Å². The smallest absolute Gasteiger partial charge is 0.289 e. The molecule has 4 aromatic rings. The van der Waals surface area contributed by atoms with Gasteiger partial charge in [0.1, 0.15) is 4.88 Å². The number of aromatic nitrogens is 1. The van der Waals surface area contributed by atoms with Crippen molar-refractivity contribution in [1.82, 2.24) is 9.88 Å². The number of piperazine rings is 1. The molecule has 3 heterocycles. The van der Waals surface area contributed by atoms with Gasteiger partial charge in [-0.15, -0.1) is 0 Å². The number of thiazole rings is 1. The van der Waals surface area contributed by atoms with Crippen molar-refractivity contribution in [3.05, 3.63) is 94.8 Å². The van der Waals surface area contributed by atoms with Gasteiger partial charge < -0.3 is 14.2 Å². The minimum absolute atomic E-state index is 0.0239. The Morgan fingerprint density at radius 1 is 0.909 bits per heavy atom. The predicted molar refractivity (Wildman–Crippen MR) is 129 cm³/mol. The number of rotatable bonds is 5. The number of carbonyl (C=O) groups excluding carboxylic acids is 2. The summed E-state index contributed by atoms with van der Waals surface area (Å²) in [6, 6.07) is 20.8. The third-order valence-electron chi connectivity index (χ3n) is 5.75. The summed E-state index contributed by atoms with van der Waals surface area (Å²) in [5, 5.41) is 0.800. The number of ketones is 1. The van der Waals surface area contributed by atoms with Crippen LogP contribution in [0.4, 0.5) is 5.13 Å². The van der Waals surface area contributed by atoms with Gasteiger partial charge in [0, 0.05) is 37.3 Å². The van der Waals surface area contributed by atoms with E-state index in [0.717, 1.165) is 16.3 Å². The van der Waals surface area contributed by atoms with E-state index in [2.05, 4.69) is 4.90 Å². The van der Waals surface area contributed by atoms with Crippen molar-refractivity contribution < 1.29 is 14.0 Å². The first kappa shape index (κ1) is 21.2. The van der Waals surface area contributed by atoms with Gasteiger partial charge in [0.2, 0.25) is 5.78 Å². The van der Waals surface area contributed by atoms with Crippen LogP contribution in [0.2, 0.25) is 0 Å². The Bertz CT molecular complexity index is 1260. The van der Waals surface area contributed by atoms with E-state index < -0.39 is 0 Å². The lowest BCUT2D eigenvalue weighted by atomic mass is 10.0. The fourth-order valence-corrected chi connectivity index (χ4v) is 4.98. The van der Waals surface area contributed by atoms with Crippen LogP contribution in [0.5, 0.6) is 0 Å². The Morgan fingerprint density at radius 3 is 2.30 bits per heavy atom. The second-order valence-corrected chi connectivity index (χ2v) is 8.97. The average Bonchev–Trinajstić information content (AvgIpc) is 3.55. The van der Waals surface area contributed by atoms with Crippen LogP contribution in [0.25, 0.3) is 11.3 Å². The predicted octanol–water partition coefficient (Wildman–Crippen LogP) is 4.90. The van der Waals surface area contributed by atoms with E-state index in [1.165, 1.54) is 17.6 Å². The minimum atomic E-state index is -0.0981. The highest BCUT2D eigenvalue weighted by Gasteiger charge is 2.28. The molecule has 1 aliphatic rings. The van der Waals surface area contributed by atoms with Crippen LogP contribution in [0, 0.1) is 6.92 Å². The maximum Gasteiger partial charge on any atom is 0.289 e. The zero-order valence-electron chi connectivity index (χ0n) is 18.2. The lowest BCUT2D eigenvalue weighted by Crippen LogP contribution is -2.48. The Kier molecular flexibility index (Phi) is 5.79. The molecule has 2 aromatic heterocycles. The molecule has 1 amide bonds. The molecule has 166 valence electrons. The van der Waals surface area contributed by atoms with Crippen molar-refractivity contribution in [2.75, 3.05) is 31.1 Å². The second kappa shape index (κ2) is 9.03. The first-order valence-corrected chi connectivity index (χ1v) is 11.7. The summed E-state index contributed by atoms with van der Waals surface area (Å²) in [4.78, 5) is 35.4. The van der Waals surface area contributed by atoms with Crippen LogP contribution in [0.1, 0.15) is 31.4 Å². The molecule has 7 heteroatoms. The first-order chi connectivity index (χ1) is 16.1. The maximum absolute atomic E-state index is 13.4. The minimum Gasteiger partial charge on any atom is -0.459 e. The summed E-state index contributed by atoms with van der Waals surface area (Å²) < 4.78 is 5.25. The van der Waals surface area contributed by atoms with Crippen molar-refractivity contribution >= 4 is 28.2 Å². The third-order valence-corrected chi connectivity index (χ3v) is 6.87. The Balaban J connectivity index is 1.41. The molecule has 2 aromatic carbocycles. The molecule has 0 atom stereocenters. The van der Waals surface area contributed by atoms with Gasteiger partial charge in [0.05, 0.1) is 12.0 Å². The largest absolute Gasteiger partial charge is 0.459 e. The zero-order chi connectivity index (χ0) is 22.8. The van der Waals surface area contributed by atoms with Crippen molar-refractivity contribution in [2.24, 2.45) is 0 Å². The third kappa shape index (κ3) is 4.32. The topological polar surface area (TPSA) is 66.7 Å². The molecular formula is C26H23N3O3S. The van der Waals surface area contributed by atoms with Crippen molar-refractivity contribution in [1.29, 1.82) is 0 Å². The number of hydrogen-bond acceptors (Lipinski definition) is 6. The molecule has 1 aliphatic heterocycles. The van der Waals surface area contributed by atoms with Gasteiger partial charge in [0.15, 0.2) is 10.9 Å². The Hall–Kier alpha value is -3.71. The summed E-state index contributed by atoms with van der Waals surface area (Å²) in [7, 11) is 0. The van der Waals surface area contributed by atoms with E-state index in [1.807, 2.05) is 61.5 Å². The number of nitrogens with zero attached hydrogens (tertiary/aromatic N) is 3. The normalized spacial score (nSPS) is 13.8. The summed E-state index contributed by atoms with van der Waals surface area (Å²) in [6.07, 6.45) is 1.51. The first-order valence-electron chi connectivity index (χ1n) is 10.9. The molecule has 6 nitrogen and oxygen atoms in total.